The first-order valence-corrected chi connectivity index (χ1v) is 10.2. The first kappa shape index (κ1) is 17.8. The summed E-state index contributed by atoms with van der Waals surface area (Å²) in [5.41, 5.74) is 1.11. The molecule has 1 heterocycles. The summed E-state index contributed by atoms with van der Waals surface area (Å²) in [7, 11) is 0. The summed E-state index contributed by atoms with van der Waals surface area (Å²) in [5, 5.41) is 0. The highest BCUT2D eigenvalue weighted by molar-refractivity contribution is 9.10. The topological polar surface area (TPSA) is 43.6 Å². The number of ether oxygens (including phenoxy) is 1. The zero-order chi connectivity index (χ0) is 16.9. The summed E-state index contributed by atoms with van der Waals surface area (Å²) in [6.45, 7) is 4.03. The van der Waals surface area contributed by atoms with Gasteiger partial charge in [-0.05, 0) is 43.9 Å². The van der Waals surface area contributed by atoms with Crippen molar-refractivity contribution in [2.24, 2.45) is 10.9 Å². The molecule has 1 aromatic heterocycles. The largest absolute Gasteiger partial charge is 0.380 e. The monoisotopic (exact) mass is 410 g/mol. The highest BCUT2D eigenvalue weighted by Gasteiger charge is 2.18. The second kappa shape index (κ2) is 8.41. The number of nitrogens with zero attached hydrogens (tertiary/aromatic N) is 2. The predicted octanol–water partition coefficient (Wildman–Crippen LogP) is 4.51. The number of rotatable bonds is 6. The lowest BCUT2D eigenvalue weighted by Gasteiger charge is -2.06. The van der Waals surface area contributed by atoms with E-state index in [-0.39, 0.29) is 5.91 Å². The van der Waals surface area contributed by atoms with Crippen LogP contribution in [-0.4, -0.2) is 23.7 Å². The van der Waals surface area contributed by atoms with Crippen LogP contribution >= 0.6 is 27.3 Å². The fourth-order valence-corrected chi connectivity index (χ4v) is 4.89. The summed E-state index contributed by atoms with van der Waals surface area (Å²) in [6, 6.07) is 6.18. The third-order valence-electron chi connectivity index (χ3n) is 4.47. The van der Waals surface area contributed by atoms with Crippen molar-refractivity contribution in [2.45, 2.75) is 45.6 Å². The number of aromatic nitrogens is 1. The second-order valence-electron chi connectivity index (χ2n) is 6.21. The Morgan fingerprint density at radius 1 is 1.42 bits per heavy atom. The molecule has 0 radical (unpaired) electrons. The molecule has 6 heteroatoms. The Hall–Kier alpha value is -0.980. The molecular weight excluding hydrogens is 388 g/mol. The fourth-order valence-electron chi connectivity index (χ4n) is 3.26. The number of carbonyl (C=O) groups excluding carboxylic acids is 1. The first-order chi connectivity index (χ1) is 11.7. The van der Waals surface area contributed by atoms with Crippen molar-refractivity contribution >= 4 is 43.4 Å². The van der Waals surface area contributed by atoms with E-state index in [1.165, 1.54) is 25.7 Å². The molecule has 0 unspecified atom stereocenters. The van der Waals surface area contributed by atoms with Crippen LogP contribution in [0.4, 0.5) is 0 Å². The van der Waals surface area contributed by atoms with Gasteiger partial charge in [0.25, 0.3) is 0 Å². The Kier molecular flexibility index (Phi) is 6.25. The average molecular weight is 411 g/mol. The maximum atomic E-state index is 12.4. The molecule has 4 nitrogen and oxygen atoms in total. The molecule has 0 spiro atoms. The van der Waals surface area contributed by atoms with Gasteiger partial charge in [-0.1, -0.05) is 40.1 Å². The van der Waals surface area contributed by atoms with Crippen molar-refractivity contribution < 1.29 is 9.53 Å². The van der Waals surface area contributed by atoms with Crippen LogP contribution in [0.5, 0.6) is 0 Å². The van der Waals surface area contributed by atoms with Crippen LogP contribution in [-0.2, 0) is 16.1 Å². The van der Waals surface area contributed by atoms with Gasteiger partial charge < -0.3 is 9.30 Å². The summed E-state index contributed by atoms with van der Waals surface area (Å²) in [5.74, 6) is 0.541. The molecule has 1 aromatic carbocycles. The first-order valence-electron chi connectivity index (χ1n) is 8.61. The van der Waals surface area contributed by atoms with Crippen molar-refractivity contribution in [3.8, 4) is 0 Å². The van der Waals surface area contributed by atoms with Crippen molar-refractivity contribution in [2.75, 3.05) is 13.2 Å². The molecule has 2 aromatic rings. The molecule has 1 saturated carbocycles. The van der Waals surface area contributed by atoms with Gasteiger partial charge in [-0.2, -0.15) is 4.99 Å². The second-order valence-corrected chi connectivity index (χ2v) is 8.13. The maximum Gasteiger partial charge on any atom is 0.248 e. The summed E-state index contributed by atoms with van der Waals surface area (Å²) < 4.78 is 9.77. The van der Waals surface area contributed by atoms with Crippen molar-refractivity contribution in [3.05, 3.63) is 27.5 Å². The Morgan fingerprint density at radius 2 is 2.21 bits per heavy atom. The molecule has 1 aliphatic carbocycles. The SMILES string of the molecule is CCOCCn1c(=NC(=O)CC2CCCC2)sc2cc(Br)ccc21. The number of fused-ring (bicyclic) bond motifs is 1. The number of hydrogen-bond donors (Lipinski definition) is 0. The van der Waals surface area contributed by atoms with Gasteiger partial charge in [0, 0.05) is 24.0 Å². The van der Waals surface area contributed by atoms with Crippen LogP contribution in [0.15, 0.2) is 27.7 Å². The van der Waals surface area contributed by atoms with E-state index in [2.05, 4.69) is 37.6 Å². The van der Waals surface area contributed by atoms with Crippen LogP contribution < -0.4 is 4.80 Å². The Labute approximate surface area is 154 Å². The third kappa shape index (κ3) is 4.35. The number of halogens is 1. The Morgan fingerprint density at radius 3 is 2.96 bits per heavy atom. The summed E-state index contributed by atoms with van der Waals surface area (Å²) in [6.07, 6.45) is 5.44. The highest BCUT2D eigenvalue weighted by Crippen LogP contribution is 2.28. The molecule has 1 aliphatic rings. The zero-order valence-corrected chi connectivity index (χ0v) is 16.4. The molecule has 0 aliphatic heterocycles. The number of hydrogen-bond acceptors (Lipinski definition) is 3. The number of amides is 1. The maximum absolute atomic E-state index is 12.4. The minimum Gasteiger partial charge on any atom is -0.380 e. The van der Waals surface area contributed by atoms with E-state index in [9.17, 15) is 4.79 Å². The van der Waals surface area contributed by atoms with Gasteiger partial charge in [0.15, 0.2) is 4.80 Å². The molecular formula is C18H23BrN2O2S. The zero-order valence-electron chi connectivity index (χ0n) is 14.0. The Balaban J connectivity index is 1.90. The van der Waals surface area contributed by atoms with Gasteiger partial charge in [0.1, 0.15) is 0 Å². The molecule has 0 saturated heterocycles. The van der Waals surface area contributed by atoms with E-state index in [0.29, 0.717) is 32.1 Å². The standard InChI is InChI=1S/C18H23BrN2O2S/c1-2-23-10-9-21-15-8-7-14(19)12-16(15)24-18(21)20-17(22)11-13-5-3-4-6-13/h7-8,12-13H,2-6,9-11H2,1H3. The molecule has 0 N–H and O–H groups in total. The van der Waals surface area contributed by atoms with Crippen molar-refractivity contribution in [1.29, 1.82) is 0 Å². The van der Waals surface area contributed by atoms with Crippen LogP contribution in [0.1, 0.15) is 39.0 Å². The van der Waals surface area contributed by atoms with Crippen molar-refractivity contribution in [3.63, 3.8) is 0 Å². The molecule has 130 valence electrons. The van der Waals surface area contributed by atoms with Gasteiger partial charge >= 0.3 is 0 Å². The quantitative estimate of drug-likeness (QED) is 0.657. The highest BCUT2D eigenvalue weighted by atomic mass is 79.9. The number of thiazole rings is 1. The normalized spacial score (nSPS) is 16.3. The number of carbonyl (C=O) groups is 1. The van der Waals surface area contributed by atoms with E-state index in [4.69, 9.17) is 4.74 Å². The Bertz CT molecular complexity index is 775. The molecule has 1 amide bonds. The fraction of sp³-hybridized carbons (Fsp3) is 0.556. The lowest BCUT2D eigenvalue weighted by molar-refractivity contribution is -0.118. The van der Waals surface area contributed by atoms with E-state index in [1.807, 2.05) is 13.0 Å². The lowest BCUT2D eigenvalue weighted by atomic mass is 10.0. The van der Waals surface area contributed by atoms with Gasteiger partial charge in [-0.3, -0.25) is 4.79 Å². The average Bonchev–Trinajstić information content (AvgIpc) is 3.15. The summed E-state index contributed by atoms with van der Waals surface area (Å²) >= 11 is 5.09. The molecule has 0 bridgehead atoms. The van der Waals surface area contributed by atoms with Crippen LogP contribution in [0, 0.1) is 5.92 Å². The van der Waals surface area contributed by atoms with Crippen LogP contribution in [0.3, 0.4) is 0 Å². The van der Waals surface area contributed by atoms with E-state index < -0.39 is 0 Å². The van der Waals surface area contributed by atoms with Gasteiger partial charge in [0.05, 0.1) is 16.8 Å². The van der Waals surface area contributed by atoms with Gasteiger partial charge in [-0.25, -0.2) is 0 Å². The van der Waals surface area contributed by atoms with Gasteiger partial charge in [-0.15, -0.1) is 0 Å². The smallest absolute Gasteiger partial charge is 0.248 e. The van der Waals surface area contributed by atoms with E-state index in [1.54, 1.807) is 11.3 Å². The molecule has 24 heavy (non-hydrogen) atoms. The van der Waals surface area contributed by atoms with E-state index in [0.717, 1.165) is 19.5 Å². The van der Waals surface area contributed by atoms with Crippen LogP contribution in [0.2, 0.25) is 0 Å². The minimum absolute atomic E-state index is 0.0117. The third-order valence-corrected chi connectivity index (χ3v) is 6.00. The molecule has 0 atom stereocenters. The number of benzene rings is 1. The van der Waals surface area contributed by atoms with Gasteiger partial charge in [0.2, 0.25) is 5.91 Å². The van der Waals surface area contributed by atoms with Crippen LogP contribution in [0.25, 0.3) is 10.2 Å². The molecule has 3 rings (SSSR count). The van der Waals surface area contributed by atoms with Crippen molar-refractivity contribution in [1.82, 2.24) is 4.57 Å². The predicted molar refractivity (Wildman–Crippen MR) is 101 cm³/mol. The lowest BCUT2D eigenvalue weighted by Crippen LogP contribution is -2.20. The molecule has 1 fully saturated rings. The van der Waals surface area contributed by atoms with E-state index >= 15 is 0 Å². The minimum atomic E-state index is 0.0117. The summed E-state index contributed by atoms with van der Waals surface area (Å²) in [4.78, 5) is 17.6.